The first-order valence-corrected chi connectivity index (χ1v) is 8.19. The van der Waals surface area contributed by atoms with E-state index in [-0.39, 0.29) is 17.9 Å². The smallest absolute Gasteiger partial charge is 0.222 e. The van der Waals surface area contributed by atoms with Crippen molar-refractivity contribution in [1.29, 1.82) is 0 Å². The van der Waals surface area contributed by atoms with E-state index in [1.165, 1.54) is 5.56 Å². The quantitative estimate of drug-likeness (QED) is 0.873. The number of amides is 1. The standard InChI is InChI=1S/C18H28N2O2/c1-18(2,16-6-4-3-5-7-16)9-8-17(22)20-12-10-19(11-13-20)14-15-21/h3-7,21H,8-15H2,1-2H3. The zero-order valence-corrected chi connectivity index (χ0v) is 13.8. The summed E-state index contributed by atoms with van der Waals surface area (Å²) < 4.78 is 0. The van der Waals surface area contributed by atoms with Crippen LogP contribution >= 0.6 is 0 Å². The maximum absolute atomic E-state index is 12.4. The van der Waals surface area contributed by atoms with Crippen LogP contribution in [0.1, 0.15) is 32.3 Å². The SMILES string of the molecule is CC(C)(CCC(=O)N1CCN(CCO)CC1)c1ccccc1. The van der Waals surface area contributed by atoms with Crippen molar-refractivity contribution in [2.45, 2.75) is 32.1 Å². The molecule has 0 bridgehead atoms. The summed E-state index contributed by atoms with van der Waals surface area (Å²) in [4.78, 5) is 16.6. The Kier molecular flexibility index (Phi) is 5.98. The van der Waals surface area contributed by atoms with Crippen LogP contribution < -0.4 is 0 Å². The number of carbonyl (C=O) groups is 1. The molecule has 0 aliphatic carbocycles. The molecule has 1 aromatic carbocycles. The topological polar surface area (TPSA) is 43.8 Å². The van der Waals surface area contributed by atoms with Crippen LogP contribution in [0.25, 0.3) is 0 Å². The van der Waals surface area contributed by atoms with Gasteiger partial charge in [-0.1, -0.05) is 44.2 Å². The predicted molar refractivity (Wildman–Crippen MR) is 88.8 cm³/mol. The van der Waals surface area contributed by atoms with Gasteiger partial charge >= 0.3 is 0 Å². The van der Waals surface area contributed by atoms with Gasteiger partial charge in [0.1, 0.15) is 0 Å². The maximum Gasteiger partial charge on any atom is 0.222 e. The van der Waals surface area contributed by atoms with Crippen LogP contribution in [0, 0.1) is 0 Å². The van der Waals surface area contributed by atoms with Gasteiger partial charge in [-0.2, -0.15) is 0 Å². The monoisotopic (exact) mass is 304 g/mol. The van der Waals surface area contributed by atoms with Crippen molar-refractivity contribution in [1.82, 2.24) is 9.80 Å². The molecule has 0 aromatic heterocycles. The summed E-state index contributed by atoms with van der Waals surface area (Å²) >= 11 is 0. The lowest BCUT2D eigenvalue weighted by Crippen LogP contribution is -2.49. The second kappa shape index (κ2) is 7.75. The highest BCUT2D eigenvalue weighted by atomic mass is 16.3. The fourth-order valence-corrected chi connectivity index (χ4v) is 2.97. The van der Waals surface area contributed by atoms with Crippen LogP contribution in [0.5, 0.6) is 0 Å². The van der Waals surface area contributed by atoms with E-state index in [0.29, 0.717) is 13.0 Å². The molecule has 1 aliphatic heterocycles. The molecule has 22 heavy (non-hydrogen) atoms. The highest BCUT2D eigenvalue weighted by Crippen LogP contribution is 2.28. The Labute approximate surface area is 133 Å². The third-order valence-electron chi connectivity index (χ3n) is 4.66. The first kappa shape index (κ1) is 17.0. The highest BCUT2D eigenvalue weighted by Gasteiger charge is 2.25. The Morgan fingerprint density at radius 2 is 1.77 bits per heavy atom. The van der Waals surface area contributed by atoms with Gasteiger partial charge in [0.05, 0.1) is 6.61 Å². The Morgan fingerprint density at radius 3 is 2.36 bits per heavy atom. The molecule has 2 rings (SSSR count). The normalized spacial score (nSPS) is 16.8. The second-order valence-corrected chi connectivity index (χ2v) is 6.70. The number of β-amino-alcohol motifs (C(OH)–C–C–N with tert-alkyl or cyclic N) is 1. The van der Waals surface area contributed by atoms with Crippen LogP contribution in [0.2, 0.25) is 0 Å². The Balaban J connectivity index is 1.81. The van der Waals surface area contributed by atoms with Crippen molar-refractivity contribution >= 4 is 5.91 Å². The molecule has 0 unspecified atom stereocenters. The minimum Gasteiger partial charge on any atom is -0.395 e. The third kappa shape index (κ3) is 4.55. The Hall–Kier alpha value is -1.39. The van der Waals surface area contributed by atoms with Crippen molar-refractivity contribution in [2.75, 3.05) is 39.3 Å². The van der Waals surface area contributed by atoms with E-state index in [1.807, 2.05) is 11.0 Å². The van der Waals surface area contributed by atoms with E-state index in [0.717, 1.165) is 32.6 Å². The molecule has 0 atom stereocenters. The molecule has 1 aromatic rings. The summed E-state index contributed by atoms with van der Waals surface area (Å²) in [6.07, 6.45) is 1.47. The van der Waals surface area contributed by atoms with E-state index >= 15 is 0 Å². The average molecular weight is 304 g/mol. The van der Waals surface area contributed by atoms with Gasteiger partial charge in [0, 0.05) is 39.1 Å². The molecule has 1 aliphatic rings. The molecule has 4 nitrogen and oxygen atoms in total. The molecule has 4 heteroatoms. The summed E-state index contributed by atoms with van der Waals surface area (Å²) in [6.45, 7) is 8.61. The summed E-state index contributed by atoms with van der Waals surface area (Å²) in [6, 6.07) is 10.4. The number of hydrogen-bond acceptors (Lipinski definition) is 3. The molecule has 0 saturated carbocycles. The van der Waals surface area contributed by atoms with E-state index in [2.05, 4.69) is 43.0 Å². The molecule has 1 fully saturated rings. The minimum absolute atomic E-state index is 0.0234. The van der Waals surface area contributed by atoms with Gasteiger partial charge < -0.3 is 10.0 Å². The molecule has 1 saturated heterocycles. The third-order valence-corrected chi connectivity index (χ3v) is 4.66. The fraction of sp³-hybridized carbons (Fsp3) is 0.611. The lowest BCUT2D eigenvalue weighted by Gasteiger charge is -2.35. The van der Waals surface area contributed by atoms with Crippen LogP contribution in [-0.2, 0) is 10.2 Å². The van der Waals surface area contributed by atoms with Gasteiger partial charge in [-0.3, -0.25) is 9.69 Å². The van der Waals surface area contributed by atoms with Gasteiger partial charge in [0.15, 0.2) is 0 Å². The summed E-state index contributed by atoms with van der Waals surface area (Å²) in [5, 5.41) is 8.95. The van der Waals surface area contributed by atoms with Gasteiger partial charge in [0.25, 0.3) is 0 Å². The highest BCUT2D eigenvalue weighted by molar-refractivity contribution is 5.76. The number of piperazine rings is 1. The van der Waals surface area contributed by atoms with Crippen LogP contribution in [-0.4, -0.2) is 60.1 Å². The molecular weight excluding hydrogens is 276 g/mol. The van der Waals surface area contributed by atoms with Crippen LogP contribution in [0.3, 0.4) is 0 Å². The summed E-state index contributed by atoms with van der Waals surface area (Å²) in [5.74, 6) is 0.257. The lowest BCUT2D eigenvalue weighted by atomic mass is 9.80. The van der Waals surface area contributed by atoms with E-state index < -0.39 is 0 Å². The van der Waals surface area contributed by atoms with Crippen LogP contribution in [0.4, 0.5) is 0 Å². The predicted octanol–water partition coefficient (Wildman–Crippen LogP) is 1.88. The fourth-order valence-electron chi connectivity index (χ4n) is 2.97. The molecule has 0 spiro atoms. The minimum atomic E-state index is 0.0234. The molecule has 1 heterocycles. The largest absolute Gasteiger partial charge is 0.395 e. The van der Waals surface area contributed by atoms with Gasteiger partial charge in [-0.25, -0.2) is 0 Å². The van der Waals surface area contributed by atoms with Gasteiger partial charge in [-0.15, -0.1) is 0 Å². The van der Waals surface area contributed by atoms with E-state index in [9.17, 15) is 4.79 Å². The van der Waals surface area contributed by atoms with Crippen molar-refractivity contribution < 1.29 is 9.90 Å². The molecule has 0 radical (unpaired) electrons. The number of nitrogens with zero attached hydrogens (tertiary/aromatic N) is 2. The molecule has 1 amide bonds. The van der Waals surface area contributed by atoms with E-state index in [4.69, 9.17) is 5.11 Å². The Morgan fingerprint density at radius 1 is 1.14 bits per heavy atom. The number of carbonyl (C=O) groups excluding carboxylic acids is 1. The lowest BCUT2D eigenvalue weighted by molar-refractivity contribution is -0.133. The average Bonchev–Trinajstić information content (AvgIpc) is 2.54. The zero-order valence-electron chi connectivity index (χ0n) is 13.8. The number of aliphatic hydroxyl groups excluding tert-OH is 1. The first-order valence-electron chi connectivity index (χ1n) is 8.19. The summed E-state index contributed by atoms with van der Waals surface area (Å²) in [5.41, 5.74) is 1.31. The van der Waals surface area contributed by atoms with E-state index in [1.54, 1.807) is 0 Å². The summed E-state index contributed by atoms with van der Waals surface area (Å²) in [7, 11) is 0. The molecule has 122 valence electrons. The first-order chi connectivity index (χ1) is 10.5. The maximum atomic E-state index is 12.4. The number of rotatable bonds is 6. The number of hydrogen-bond donors (Lipinski definition) is 1. The van der Waals surface area contributed by atoms with Crippen molar-refractivity contribution in [2.24, 2.45) is 0 Å². The van der Waals surface area contributed by atoms with Crippen molar-refractivity contribution in [3.8, 4) is 0 Å². The number of aliphatic hydroxyl groups is 1. The van der Waals surface area contributed by atoms with Gasteiger partial charge in [-0.05, 0) is 17.4 Å². The molecule has 1 N–H and O–H groups in total. The zero-order chi connectivity index (χ0) is 16.0. The van der Waals surface area contributed by atoms with Crippen LogP contribution in [0.15, 0.2) is 30.3 Å². The Bertz CT molecular complexity index is 465. The number of benzene rings is 1. The van der Waals surface area contributed by atoms with Crippen molar-refractivity contribution in [3.63, 3.8) is 0 Å². The molecular formula is C18H28N2O2. The van der Waals surface area contributed by atoms with Crippen molar-refractivity contribution in [3.05, 3.63) is 35.9 Å². The van der Waals surface area contributed by atoms with Gasteiger partial charge in [0.2, 0.25) is 5.91 Å². The second-order valence-electron chi connectivity index (χ2n) is 6.70.